The first-order valence-corrected chi connectivity index (χ1v) is 8.92. The molecule has 0 unspecified atom stereocenters. The van der Waals surface area contributed by atoms with Gasteiger partial charge in [0.2, 0.25) is 5.91 Å². The molecule has 0 spiro atoms. The van der Waals surface area contributed by atoms with Crippen molar-refractivity contribution in [3.05, 3.63) is 36.3 Å². The molecule has 7 nitrogen and oxygen atoms in total. The number of carbonyl (C=O) groups excluding carboxylic acids is 1. The highest BCUT2D eigenvalue weighted by molar-refractivity contribution is 5.92. The van der Waals surface area contributed by atoms with E-state index in [1.165, 1.54) is 12.8 Å². The Hall–Kier alpha value is -2.41. The quantitative estimate of drug-likeness (QED) is 0.879. The maximum Gasteiger partial charge on any atom is 0.230 e. The molecule has 0 aliphatic carbocycles. The Morgan fingerprint density at radius 2 is 2.08 bits per heavy atom. The third-order valence-electron chi connectivity index (χ3n) is 5.17. The van der Waals surface area contributed by atoms with Gasteiger partial charge in [0.25, 0.3) is 0 Å². The van der Waals surface area contributed by atoms with E-state index >= 15 is 0 Å². The number of anilines is 2. The Balaban J connectivity index is 1.42. The van der Waals surface area contributed by atoms with E-state index in [2.05, 4.69) is 25.6 Å². The van der Waals surface area contributed by atoms with Gasteiger partial charge in [-0.3, -0.25) is 9.48 Å². The van der Waals surface area contributed by atoms with Crippen LogP contribution in [-0.2, 0) is 11.8 Å². The number of aryl methyl sites for hydroxylation is 1. The molecule has 0 aromatic carbocycles. The summed E-state index contributed by atoms with van der Waals surface area (Å²) >= 11 is 0. The summed E-state index contributed by atoms with van der Waals surface area (Å²) in [5, 5.41) is 10.5. The minimum absolute atomic E-state index is 0.0141. The van der Waals surface area contributed by atoms with Crippen LogP contribution >= 0.6 is 0 Å². The first kappa shape index (κ1) is 16.1. The zero-order chi connectivity index (χ0) is 17.2. The van der Waals surface area contributed by atoms with Crippen LogP contribution in [0.5, 0.6) is 0 Å². The van der Waals surface area contributed by atoms with Gasteiger partial charge in [0.1, 0.15) is 5.82 Å². The molecular formula is C18H24N6O. The predicted molar refractivity (Wildman–Crippen MR) is 96.6 cm³/mol. The number of pyridine rings is 1. The van der Waals surface area contributed by atoms with Crippen LogP contribution in [-0.4, -0.2) is 46.9 Å². The van der Waals surface area contributed by atoms with Crippen molar-refractivity contribution >= 4 is 17.4 Å². The standard InChI is InChI=1S/C18H24N6O/c1-23-12-13(8-21-23)15-10-19-11-16(15)18(25)22-17-5-4-14(9-20-17)24-6-2-3-7-24/h4-5,8-9,12,15-16,19H,2-3,6-7,10-11H2,1H3,(H,20,22,25)/t15-,16+/m1/s1. The summed E-state index contributed by atoms with van der Waals surface area (Å²) in [5.74, 6) is 0.673. The number of amides is 1. The van der Waals surface area contributed by atoms with Crippen LogP contribution in [0.3, 0.4) is 0 Å². The molecule has 0 bridgehead atoms. The fourth-order valence-corrected chi connectivity index (χ4v) is 3.78. The Bertz CT molecular complexity index is 734. The summed E-state index contributed by atoms with van der Waals surface area (Å²) in [6.07, 6.45) is 8.17. The third-order valence-corrected chi connectivity index (χ3v) is 5.17. The maximum absolute atomic E-state index is 12.7. The van der Waals surface area contributed by atoms with Crippen molar-refractivity contribution in [2.24, 2.45) is 13.0 Å². The van der Waals surface area contributed by atoms with Gasteiger partial charge >= 0.3 is 0 Å². The summed E-state index contributed by atoms with van der Waals surface area (Å²) in [4.78, 5) is 19.5. The minimum atomic E-state index is -0.107. The number of hydrogen-bond acceptors (Lipinski definition) is 5. The van der Waals surface area contributed by atoms with Crippen LogP contribution in [0.1, 0.15) is 24.3 Å². The lowest BCUT2D eigenvalue weighted by molar-refractivity contribution is -0.119. The number of rotatable bonds is 4. The number of hydrogen-bond donors (Lipinski definition) is 2. The van der Waals surface area contributed by atoms with Gasteiger partial charge in [0, 0.05) is 45.3 Å². The van der Waals surface area contributed by atoms with E-state index in [9.17, 15) is 4.79 Å². The molecule has 2 aromatic heterocycles. The molecule has 25 heavy (non-hydrogen) atoms. The van der Waals surface area contributed by atoms with Crippen molar-refractivity contribution in [1.29, 1.82) is 0 Å². The number of aromatic nitrogens is 3. The van der Waals surface area contributed by atoms with Crippen LogP contribution in [0.25, 0.3) is 0 Å². The topological polar surface area (TPSA) is 75.1 Å². The minimum Gasteiger partial charge on any atom is -0.370 e. The van der Waals surface area contributed by atoms with E-state index in [4.69, 9.17) is 0 Å². The van der Waals surface area contributed by atoms with Gasteiger partial charge in [0.15, 0.2) is 0 Å². The van der Waals surface area contributed by atoms with E-state index in [0.29, 0.717) is 12.4 Å². The second-order valence-electron chi connectivity index (χ2n) is 6.90. The van der Waals surface area contributed by atoms with Crippen molar-refractivity contribution in [3.8, 4) is 0 Å². The number of nitrogens with one attached hydrogen (secondary N) is 2. The second-order valence-corrected chi connectivity index (χ2v) is 6.90. The van der Waals surface area contributed by atoms with Crippen molar-refractivity contribution in [2.75, 3.05) is 36.4 Å². The molecule has 0 saturated carbocycles. The van der Waals surface area contributed by atoms with E-state index < -0.39 is 0 Å². The molecule has 2 fully saturated rings. The van der Waals surface area contributed by atoms with E-state index in [1.54, 1.807) is 4.68 Å². The van der Waals surface area contributed by atoms with Crippen LogP contribution in [0.4, 0.5) is 11.5 Å². The Labute approximate surface area is 147 Å². The smallest absolute Gasteiger partial charge is 0.230 e. The van der Waals surface area contributed by atoms with E-state index in [1.807, 2.05) is 37.8 Å². The summed E-state index contributed by atoms with van der Waals surface area (Å²) in [6.45, 7) is 3.66. The van der Waals surface area contributed by atoms with Gasteiger partial charge in [-0.1, -0.05) is 0 Å². The highest BCUT2D eigenvalue weighted by Gasteiger charge is 2.34. The normalized spacial score (nSPS) is 23.2. The van der Waals surface area contributed by atoms with Crippen molar-refractivity contribution < 1.29 is 4.79 Å². The molecule has 7 heteroatoms. The molecule has 2 aliphatic rings. The van der Waals surface area contributed by atoms with Gasteiger partial charge in [0.05, 0.1) is 24.0 Å². The Morgan fingerprint density at radius 3 is 2.76 bits per heavy atom. The van der Waals surface area contributed by atoms with E-state index in [-0.39, 0.29) is 17.7 Å². The Morgan fingerprint density at radius 1 is 1.24 bits per heavy atom. The summed E-state index contributed by atoms with van der Waals surface area (Å²) < 4.78 is 1.78. The van der Waals surface area contributed by atoms with E-state index in [0.717, 1.165) is 30.9 Å². The molecule has 4 rings (SSSR count). The average Bonchev–Trinajstić information content (AvgIpc) is 3.36. The van der Waals surface area contributed by atoms with Crippen LogP contribution in [0, 0.1) is 5.92 Å². The number of carbonyl (C=O) groups is 1. The first-order valence-electron chi connectivity index (χ1n) is 8.92. The van der Waals surface area contributed by atoms with Gasteiger partial charge in [-0.05, 0) is 30.5 Å². The molecule has 132 valence electrons. The predicted octanol–water partition coefficient (Wildman–Crippen LogP) is 1.36. The molecule has 2 aliphatic heterocycles. The highest BCUT2D eigenvalue weighted by Crippen LogP contribution is 2.29. The maximum atomic E-state index is 12.7. The zero-order valence-electron chi connectivity index (χ0n) is 14.5. The monoisotopic (exact) mass is 340 g/mol. The molecule has 1 amide bonds. The Kier molecular flexibility index (Phi) is 4.40. The molecule has 2 saturated heterocycles. The lowest BCUT2D eigenvalue weighted by Crippen LogP contribution is -2.28. The van der Waals surface area contributed by atoms with Crippen LogP contribution in [0.2, 0.25) is 0 Å². The van der Waals surface area contributed by atoms with Crippen LogP contribution < -0.4 is 15.5 Å². The van der Waals surface area contributed by atoms with Crippen LogP contribution in [0.15, 0.2) is 30.7 Å². The summed E-state index contributed by atoms with van der Waals surface area (Å²) in [6, 6.07) is 3.94. The second kappa shape index (κ2) is 6.84. The third kappa shape index (κ3) is 3.37. The highest BCUT2D eigenvalue weighted by atomic mass is 16.2. The molecule has 2 atom stereocenters. The van der Waals surface area contributed by atoms with Crippen molar-refractivity contribution in [3.63, 3.8) is 0 Å². The zero-order valence-corrected chi connectivity index (χ0v) is 14.5. The fraction of sp³-hybridized carbons (Fsp3) is 0.500. The van der Waals surface area contributed by atoms with Crippen molar-refractivity contribution in [2.45, 2.75) is 18.8 Å². The van der Waals surface area contributed by atoms with Crippen molar-refractivity contribution in [1.82, 2.24) is 20.1 Å². The molecule has 2 N–H and O–H groups in total. The number of nitrogens with zero attached hydrogens (tertiary/aromatic N) is 4. The lowest BCUT2D eigenvalue weighted by atomic mass is 9.90. The summed E-state index contributed by atoms with van der Waals surface area (Å²) in [7, 11) is 1.90. The lowest BCUT2D eigenvalue weighted by Gasteiger charge is -2.18. The molecular weight excluding hydrogens is 316 g/mol. The average molecular weight is 340 g/mol. The van der Waals surface area contributed by atoms with Gasteiger partial charge < -0.3 is 15.5 Å². The van der Waals surface area contributed by atoms with Gasteiger partial charge in [-0.25, -0.2) is 4.98 Å². The van der Waals surface area contributed by atoms with Gasteiger partial charge in [-0.2, -0.15) is 5.10 Å². The van der Waals surface area contributed by atoms with Gasteiger partial charge in [-0.15, -0.1) is 0 Å². The summed E-state index contributed by atoms with van der Waals surface area (Å²) in [5.41, 5.74) is 2.23. The molecule has 4 heterocycles. The first-order chi connectivity index (χ1) is 12.2. The SMILES string of the molecule is Cn1cc([C@H]2CNC[C@@H]2C(=O)Nc2ccc(N3CCCC3)cn2)cn1. The molecule has 2 aromatic rings. The fourth-order valence-electron chi connectivity index (χ4n) is 3.78. The largest absolute Gasteiger partial charge is 0.370 e. The molecule has 0 radical (unpaired) electrons.